The second kappa shape index (κ2) is 6.64. The zero-order valence-corrected chi connectivity index (χ0v) is 13.5. The number of pyridine rings is 1. The molecule has 0 spiro atoms. The Morgan fingerprint density at radius 1 is 1.32 bits per heavy atom. The number of alkyl carbamates (subject to hydrolysis) is 1. The van der Waals surface area contributed by atoms with E-state index in [2.05, 4.69) is 20.7 Å². The maximum atomic E-state index is 11.5. The number of aromatic nitrogens is 3. The number of aryl methyl sites for hydroxylation is 1. The van der Waals surface area contributed by atoms with Crippen molar-refractivity contribution in [1.29, 1.82) is 0 Å². The predicted octanol–water partition coefficient (Wildman–Crippen LogP) is 2.36. The maximum Gasteiger partial charge on any atom is 0.407 e. The van der Waals surface area contributed by atoms with Gasteiger partial charge in [-0.3, -0.25) is 0 Å². The third-order valence-corrected chi connectivity index (χ3v) is 2.85. The Kier molecular flexibility index (Phi) is 4.85. The van der Waals surface area contributed by atoms with E-state index in [-0.39, 0.29) is 0 Å². The van der Waals surface area contributed by atoms with E-state index in [1.54, 1.807) is 4.52 Å². The van der Waals surface area contributed by atoms with E-state index >= 15 is 0 Å². The molecule has 0 unspecified atom stereocenters. The van der Waals surface area contributed by atoms with Gasteiger partial charge >= 0.3 is 6.09 Å². The Morgan fingerprint density at radius 2 is 2.09 bits per heavy atom. The summed E-state index contributed by atoms with van der Waals surface area (Å²) in [4.78, 5) is 15.8. The van der Waals surface area contributed by atoms with Crippen molar-refractivity contribution < 1.29 is 9.53 Å². The lowest BCUT2D eigenvalue weighted by Gasteiger charge is -2.19. The van der Waals surface area contributed by atoms with Crippen LogP contribution in [0.3, 0.4) is 0 Å². The molecule has 0 fully saturated rings. The molecule has 2 N–H and O–H groups in total. The topological polar surface area (TPSA) is 80.5 Å². The Bertz CT molecular complexity index is 645. The number of carbonyl (C=O) groups is 1. The summed E-state index contributed by atoms with van der Waals surface area (Å²) in [6.07, 6.45) is 0.363. The summed E-state index contributed by atoms with van der Waals surface area (Å²) in [6.45, 7) is 8.71. The third-order valence-electron chi connectivity index (χ3n) is 2.85. The zero-order valence-electron chi connectivity index (χ0n) is 13.5. The quantitative estimate of drug-likeness (QED) is 0.829. The maximum absolute atomic E-state index is 11.5. The van der Waals surface area contributed by atoms with Gasteiger partial charge in [0.2, 0.25) is 5.95 Å². The largest absolute Gasteiger partial charge is 0.444 e. The minimum atomic E-state index is -0.472. The molecule has 7 nitrogen and oxygen atoms in total. The van der Waals surface area contributed by atoms with E-state index < -0.39 is 11.7 Å². The zero-order chi connectivity index (χ0) is 16.2. The summed E-state index contributed by atoms with van der Waals surface area (Å²) in [5.41, 5.74) is 1.37. The van der Waals surface area contributed by atoms with Crippen LogP contribution in [0.1, 0.15) is 32.9 Å². The molecule has 0 aromatic carbocycles. The molecule has 0 radical (unpaired) electrons. The number of nitrogens with one attached hydrogen (secondary N) is 2. The van der Waals surface area contributed by atoms with E-state index in [0.717, 1.165) is 17.8 Å². The van der Waals surface area contributed by atoms with Gasteiger partial charge in [-0.25, -0.2) is 9.31 Å². The lowest BCUT2D eigenvalue weighted by Crippen LogP contribution is -2.33. The second-order valence-corrected chi connectivity index (χ2v) is 6.08. The van der Waals surface area contributed by atoms with Gasteiger partial charge in [0, 0.05) is 18.8 Å². The van der Waals surface area contributed by atoms with Crippen molar-refractivity contribution in [2.75, 3.05) is 18.4 Å². The SMILES string of the molecule is Cc1cccc2nc(NCCCNC(=O)OC(C)(C)C)nn12. The van der Waals surface area contributed by atoms with Crippen LogP contribution in [0.2, 0.25) is 0 Å². The Morgan fingerprint density at radius 3 is 2.77 bits per heavy atom. The van der Waals surface area contributed by atoms with Gasteiger partial charge in [-0.1, -0.05) is 6.07 Å². The third kappa shape index (κ3) is 4.61. The van der Waals surface area contributed by atoms with Gasteiger partial charge in [0.15, 0.2) is 5.65 Å². The molecule has 0 aliphatic carbocycles. The number of fused-ring (bicyclic) bond motifs is 1. The molecule has 0 saturated carbocycles. The first-order valence-electron chi connectivity index (χ1n) is 7.38. The predicted molar refractivity (Wildman–Crippen MR) is 85.1 cm³/mol. The van der Waals surface area contributed by atoms with Crippen LogP contribution in [0.15, 0.2) is 18.2 Å². The number of hydrogen-bond donors (Lipinski definition) is 2. The number of hydrogen-bond acceptors (Lipinski definition) is 5. The lowest BCUT2D eigenvalue weighted by atomic mass is 10.2. The normalized spacial score (nSPS) is 11.5. The molecule has 1 amide bonds. The number of rotatable bonds is 5. The highest BCUT2D eigenvalue weighted by Gasteiger charge is 2.15. The van der Waals surface area contributed by atoms with Crippen molar-refractivity contribution in [2.24, 2.45) is 0 Å². The van der Waals surface area contributed by atoms with Gasteiger partial charge in [-0.05, 0) is 46.2 Å². The fourth-order valence-corrected chi connectivity index (χ4v) is 1.90. The molecule has 2 aromatic heterocycles. The highest BCUT2D eigenvalue weighted by Crippen LogP contribution is 2.08. The van der Waals surface area contributed by atoms with E-state index in [4.69, 9.17) is 4.74 Å². The van der Waals surface area contributed by atoms with Gasteiger partial charge < -0.3 is 15.4 Å². The van der Waals surface area contributed by atoms with Crippen molar-refractivity contribution in [3.05, 3.63) is 23.9 Å². The molecular weight excluding hydrogens is 282 g/mol. The Hall–Kier alpha value is -2.31. The van der Waals surface area contributed by atoms with Crippen LogP contribution in [0.4, 0.5) is 10.7 Å². The van der Waals surface area contributed by atoms with Gasteiger partial charge in [-0.2, -0.15) is 4.98 Å². The molecule has 120 valence electrons. The summed E-state index contributed by atoms with van der Waals surface area (Å²) >= 11 is 0. The summed E-state index contributed by atoms with van der Waals surface area (Å²) in [7, 11) is 0. The Balaban J connectivity index is 1.72. The molecule has 0 bridgehead atoms. The van der Waals surface area contributed by atoms with Gasteiger partial charge in [0.25, 0.3) is 0 Å². The minimum absolute atomic E-state index is 0.394. The number of amides is 1. The van der Waals surface area contributed by atoms with Crippen LogP contribution in [-0.2, 0) is 4.74 Å². The number of nitrogens with zero attached hydrogens (tertiary/aromatic N) is 3. The van der Waals surface area contributed by atoms with Crippen LogP contribution >= 0.6 is 0 Å². The number of anilines is 1. The van der Waals surface area contributed by atoms with E-state index in [0.29, 0.717) is 19.0 Å². The number of ether oxygens (including phenoxy) is 1. The Labute approximate surface area is 130 Å². The van der Waals surface area contributed by atoms with Gasteiger partial charge in [0.05, 0.1) is 0 Å². The summed E-state index contributed by atoms with van der Waals surface area (Å²) in [6, 6.07) is 5.85. The molecule has 0 saturated heterocycles. The summed E-state index contributed by atoms with van der Waals surface area (Å²) < 4.78 is 6.95. The molecule has 2 heterocycles. The monoisotopic (exact) mass is 305 g/mol. The average Bonchev–Trinajstić information content (AvgIpc) is 2.80. The van der Waals surface area contributed by atoms with Crippen LogP contribution < -0.4 is 10.6 Å². The smallest absolute Gasteiger partial charge is 0.407 e. The second-order valence-electron chi connectivity index (χ2n) is 6.08. The standard InChI is InChI=1S/C15H23N5O2/c1-11-7-5-8-12-18-13(19-20(11)12)16-9-6-10-17-14(21)22-15(2,3)4/h5,7-8H,6,9-10H2,1-4H3,(H,16,19)(H,17,21). The minimum Gasteiger partial charge on any atom is -0.444 e. The molecule has 7 heteroatoms. The molecule has 0 aliphatic rings. The molecular formula is C15H23N5O2. The first-order chi connectivity index (χ1) is 10.3. The molecule has 2 rings (SSSR count). The van der Waals surface area contributed by atoms with Gasteiger partial charge in [-0.15, -0.1) is 5.10 Å². The first kappa shape index (κ1) is 16.1. The van der Waals surface area contributed by atoms with Crippen LogP contribution in [-0.4, -0.2) is 39.4 Å². The highest BCUT2D eigenvalue weighted by molar-refractivity contribution is 5.67. The van der Waals surface area contributed by atoms with Crippen molar-refractivity contribution in [1.82, 2.24) is 19.9 Å². The van der Waals surface area contributed by atoms with Crippen molar-refractivity contribution in [3.63, 3.8) is 0 Å². The average molecular weight is 305 g/mol. The molecule has 0 aliphatic heterocycles. The van der Waals surface area contributed by atoms with Crippen LogP contribution in [0.25, 0.3) is 5.65 Å². The van der Waals surface area contributed by atoms with E-state index in [1.165, 1.54) is 0 Å². The first-order valence-corrected chi connectivity index (χ1v) is 7.38. The fraction of sp³-hybridized carbons (Fsp3) is 0.533. The molecule has 22 heavy (non-hydrogen) atoms. The van der Waals surface area contributed by atoms with E-state index in [9.17, 15) is 4.79 Å². The lowest BCUT2D eigenvalue weighted by molar-refractivity contribution is 0.0528. The van der Waals surface area contributed by atoms with Crippen molar-refractivity contribution in [3.8, 4) is 0 Å². The number of carbonyl (C=O) groups excluding carboxylic acids is 1. The van der Waals surface area contributed by atoms with Gasteiger partial charge in [0.1, 0.15) is 5.60 Å². The summed E-state index contributed by atoms with van der Waals surface area (Å²) in [5, 5.41) is 10.2. The van der Waals surface area contributed by atoms with Crippen molar-refractivity contribution >= 4 is 17.7 Å². The molecule has 2 aromatic rings. The van der Waals surface area contributed by atoms with Crippen LogP contribution in [0, 0.1) is 6.92 Å². The fourth-order valence-electron chi connectivity index (χ4n) is 1.90. The molecule has 0 atom stereocenters. The van der Waals surface area contributed by atoms with E-state index in [1.807, 2.05) is 45.9 Å². The van der Waals surface area contributed by atoms with Crippen molar-refractivity contribution in [2.45, 2.75) is 39.7 Å². The highest BCUT2D eigenvalue weighted by atomic mass is 16.6. The van der Waals surface area contributed by atoms with Crippen LogP contribution in [0.5, 0.6) is 0 Å². The summed E-state index contributed by atoms with van der Waals surface area (Å²) in [5.74, 6) is 0.589.